The van der Waals surface area contributed by atoms with Crippen LogP contribution in [0.5, 0.6) is 0 Å². The highest BCUT2D eigenvalue weighted by Crippen LogP contribution is 2.34. The van der Waals surface area contributed by atoms with Crippen LogP contribution in [0.2, 0.25) is 0 Å². The first kappa shape index (κ1) is 31.2. The number of piperazine rings is 1. The minimum Gasteiger partial charge on any atom is -0.450 e. The Kier molecular flexibility index (Phi) is 11.7. The van der Waals surface area contributed by atoms with E-state index in [1.807, 2.05) is 43.9 Å². The van der Waals surface area contributed by atoms with Crippen molar-refractivity contribution in [3.05, 3.63) is 66.4 Å². The van der Waals surface area contributed by atoms with E-state index in [-0.39, 0.29) is 24.2 Å². The van der Waals surface area contributed by atoms with Crippen molar-refractivity contribution >= 4 is 23.6 Å². The molecule has 10 nitrogen and oxygen atoms in total. The molecule has 0 aliphatic carbocycles. The fourth-order valence-electron chi connectivity index (χ4n) is 4.31. The van der Waals surface area contributed by atoms with E-state index in [9.17, 15) is 14.0 Å². The third kappa shape index (κ3) is 8.55. The van der Waals surface area contributed by atoms with Gasteiger partial charge in [0.05, 0.1) is 18.0 Å². The van der Waals surface area contributed by atoms with E-state index >= 15 is 0 Å². The lowest BCUT2D eigenvalue weighted by molar-refractivity contribution is -0.132. The van der Waals surface area contributed by atoms with Crippen LogP contribution in [0.3, 0.4) is 0 Å². The Hall–Kier alpha value is -4.38. The van der Waals surface area contributed by atoms with Crippen LogP contribution in [0, 0.1) is 5.82 Å². The summed E-state index contributed by atoms with van der Waals surface area (Å²) in [4.78, 5) is 40.9. The van der Waals surface area contributed by atoms with E-state index in [1.165, 1.54) is 18.3 Å². The molecule has 0 unspecified atom stereocenters. The van der Waals surface area contributed by atoms with Gasteiger partial charge in [-0.25, -0.2) is 14.2 Å². The fraction of sp³-hybridized carbons (Fsp3) is 0.367. The first-order valence-electron chi connectivity index (χ1n) is 13.9. The molecule has 1 aliphatic heterocycles. The zero-order valence-electron chi connectivity index (χ0n) is 24.1. The normalized spacial score (nSPS) is 13.7. The summed E-state index contributed by atoms with van der Waals surface area (Å²) in [6, 6.07) is 12.0. The molecule has 0 atom stereocenters. The van der Waals surface area contributed by atoms with Gasteiger partial charge in [0.2, 0.25) is 11.9 Å². The highest BCUT2D eigenvalue weighted by Gasteiger charge is 2.20. The van der Waals surface area contributed by atoms with Gasteiger partial charge in [-0.1, -0.05) is 32.9 Å². The molecule has 11 heteroatoms. The van der Waals surface area contributed by atoms with Crippen molar-refractivity contribution in [1.82, 2.24) is 25.1 Å². The Labute approximate surface area is 240 Å². The lowest BCUT2D eigenvalue weighted by Crippen LogP contribution is -2.48. The molecule has 1 fully saturated rings. The summed E-state index contributed by atoms with van der Waals surface area (Å²) in [6.07, 6.45) is 3.07. The van der Waals surface area contributed by atoms with E-state index in [0.29, 0.717) is 24.2 Å². The van der Waals surface area contributed by atoms with Gasteiger partial charge in [-0.05, 0) is 42.8 Å². The number of guanidine groups is 1. The van der Waals surface area contributed by atoms with Crippen LogP contribution >= 0.6 is 0 Å². The van der Waals surface area contributed by atoms with Crippen molar-refractivity contribution in [3.63, 3.8) is 0 Å². The molecule has 1 aliphatic rings. The van der Waals surface area contributed by atoms with Gasteiger partial charge < -0.3 is 15.4 Å². The average molecular weight is 564 g/mol. The summed E-state index contributed by atoms with van der Waals surface area (Å²) in [5, 5.41) is 2.34. The molecule has 1 aromatic carbocycles. The van der Waals surface area contributed by atoms with Gasteiger partial charge in [-0.3, -0.25) is 25.0 Å². The lowest BCUT2D eigenvalue weighted by atomic mass is 10.0. The number of hydrogen-bond donors (Lipinski definition) is 2. The monoisotopic (exact) mass is 563 g/mol. The number of aromatic nitrogens is 2. The number of nitrogens with zero attached hydrogens (tertiary/aromatic N) is 5. The van der Waals surface area contributed by atoms with Crippen LogP contribution in [-0.4, -0.2) is 70.5 Å². The number of rotatable bonds is 7. The summed E-state index contributed by atoms with van der Waals surface area (Å²) < 4.78 is 19.6. The molecule has 2 amide bonds. The van der Waals surface area contributed by atoms with Gasteiger partial charge >= 0.3 is 6.09 Å². The van der Waals surface area contributed by atoms with Gasteiger partial charge in [0.25, 0.3) is 0 Å². The smallest absolute Gasteiger partial charge is 0.413 e. The molecule has 41 heavy (non-hydrogen) atoms. The van der Waals surface area contributed by atoms with Crippen LogP contribution in [0.25, 0.3) is 22.4 Å². The topological polar surface area (TPSA) is 126 Å². The van der Waals surface area contributed by atoms with Crippen molar-refractivity contribution in [2.75, 3.05) is 32.8 Å². The Bertz CT molecular complexity index is 1340. The van der Waals surface area contributed by atoms with Gasteiger partial charge in [-0.15, -0.1) is 0 Å². The molecule has 218 valence electrons. The number of nitrogens with one attached hydrogen (secondary N) is 1. The molecule has 0 spiro atoms. The van der Waals surface area contributed by atoms with Crippen molar-refractivity contribution in [2.45, 2.75) is 40.7 Å². The van der Waals surface area contributed by atoms with Gasteiger partial charge in [-0.2, -0.15) is 0 Å². The molecule has 0 bridgehead atoms. The first-order chi connectivity index (χ1) is 19.9. The number of benzene rings is 1. The minimum atomic E-state index is -0.733. The molecule has 1 saturated heterocycles. The van der Waals surface area contributed by atoms with Crippen LogP contribution in [-0.2, 0) is 16.1 Å². The number of aliphatic imine (C=N–C) groups is 1. The van der Waals surface area contributed by atoms with Gasteiger partial charge in [0.15, 0.2) is 0 Å². The Morgan fingerprint density at radius 2 is 1.78 bits per heavy atom. The number of hydrogen-bond acceptors (Lipinski definition) is 7. The molecule has 3 aromatic rings. The van der Waals surface area contributed by atoms with Crippen molar-refractivity contribution in [3.8, 4) is 22.4 Å². The molecule has 0 saturated carbocycles. The first-order valence-corrected chi connectivity index (χ1v) is 13.9. The SMILES string of the molecule is CC.CCOC(=O)NC(N)=Nc1ccc(-c2ccc(CN3CCN(C(=O)CC)CC3)nc2)cc1-c1ncccc1F. The molecule has 4 rings (SSSR count). The maximum atomic E-state index is 14.7. The number of amides is 2. The van der Waals surface area contributed by atoms with Crippen molar-refractivity contribution in [2.24, 2.45) is 10.7 Å². The standard InChI is InChI=1S/C28H32FN7O3.C2H6/c1-3-25(37)36-14-12-35(13-15-36)18-21-9-7-20(17-32-21)19-8-10-24(33-27(30)34-28(38)39-4-2)22(16-19)26-23(29)6-5-11-31-26;1-2/h5-11,16-17H,3-4,12-15,18H2,1-2H3,(H3,30,33,34,38);1-2H3. The van der Waals surface area contributed by atoms with Crippen LogP contribution in [0.15, 0.2) is 59.9 Å². The number of nitrogens with two attached hydrogens (primary N) is 1. The number of halogens is 1. The maximum absolute atomic E-state index is 14.7. The summed E-state index contributed by atoms with van der Waals surface area (Å²) in [7, 11) is 0. The molecular formula is C30H38FN7O3. The van der Waals surface area contributed by atoms with Gasteiger partial charge in [0, 0.05) is 62.7 Å². The van der Waals surface area contributed by atoms with Crippen molar-refractivity contribution in [1.29, 1.82) is 0 Å². The van der Waals surface area contributed by atoms with E-state index in [2.05, 4.69) is 25.2 Å². The summed E-state index contributed by atoms with van der Waals surface area (Å²) in [6.45, 7) is 11.5. The maximum Gasteiger partial charge on any atom is 0.413 e. The highest BCUT2D eigenvalue weighted by atomic mass is 19.1. The lowest BCUT2D eigenvalue weighted by Gasteiger charge is -2.34. The van der Waals surface area contributed by atoms with Crippen LogP contribution in [0.4, 0.5) is 14.9 Å². The fourth-order valence-corrected chi connectivity index (χ4v) is 4.31. The van der Waals surface area contributed by atoms with E-state index in [4.69, 9.17) is 10.5 Å². The largest absolute Gasteiger partial charge is 0.450 e. The number of carbonyl (C=O) groups excluding carboxylic acids is 2. The molecule has 0 radical (unpaired) electrons. The Morgan fingerprint density at radius 3 is 2.41 bits per heavy atom. The van der Waals surface area contributed by atoms with Crippen LogP contribution < -0.4 is 11.1 Å². The molecule has 2 aromatic heterocycles. The summed E-state index contributed by atoms with van der Waals surface area (Å²) in [5.41, 5.74) is 9.27. The second-order valence-corrected chi connectivity index (χ2v) is 8.96. The minimum absolute atomic E-state index is 0.104. The molecular weight excluding hydrogens is 525 g/mol. The third-order valence-electron chi connectivity index (χ3n) is 6.33. The quantitative estimate of drug-likeness (QED) is 0.315. The highest BCUT2D eigenvalue weighted by molar-refractivity contribution is 5.95. The van der Waals surface area contributed by atoms with Crippen LogP contribution in [0.1, 0.15) is 39.8 Å². The van der Waals surface area contributed by atoms with Gasteiger partial charge in [0.1, 0.15) is 11.5 Å². The number of alkyl carbamates (subject to hydrolysis) is 1. The van der Waals surface area contributed by atoms with E-state index in [0.717, 1.165) is 43.0 Å². The number of carbonyl (C=O) groups is 2. The predicted octanol–water partition coefficient (Wildman–Crippen LogP) is 4.72. The third-order valence-corrected chi connectivity index (χ3v) is 6.33. The molecule has 3 N–H and O–H groups in total. The van der Waals surface area contributed by atoms with Crippen molar-refractivity contribution < 1.29 is 18.7 Å². The zero-order valence-corrected chi connectivity index (χ0v) is 24.1. The molecule has 3 heterocycles. The average Bonchev–Trinajstić information content (AvgIpc) is 2.99. The number of ether oxygens (including phenoxy) is 1. The summed E-state index contributed by atoms with van der Waals surface area (Å²) >= 11 is 0. The zero-order chi connectivity index (χ0) is 29.8. The number of pyridine rings is 2. The predicted molar refractivity (Wildman–Crippen MR) is 158 cm³/mol. The Morgan fingerprint density at radius 1 is 1.05 bits per heavy atom. The second-order valence-electron chi connectivity index (χ2n) is 8.96. The van der Waals surface area contributed by atoms with E-state index in [1.54, 1.807) is 25.3 Å². The second kappa shape index (κ2) is 15.4. The van der Waals surface area contributed by atoms with E-state index < -0.39 is 11.9 Å². The summed E-state index contributed by atoms with van der Waals surface area (Å²) in [5.74, 6) is -0.515. The Balaban J connectivity index is 0.00000226.